The largest absolute Gasteiger partial charge is 0.416 e. The van der Waals surface area contributed by atoms with Gasteiger partial charge < -0.3 is 4.90 Å². The van der Waals surface area contributed by atoms with Crippen LogP contribution < -0.4 is 0 Å². The second-order valence-corrected chi connectivity index (χ2v) is 9.67. The van der Waals surface area contributed by atoms with E-state index in [4.69, 9.17) is 0 Å². The van der Waals surface area contributed by atoms with Crippen LogP contribution in [0, 0.1) is 0 Å². The van der Waals surface area contributed by atoms with Gasteiger partial charge in [-0.05, 0) is 40.8 Å². The second kappa shape index (κ2) is 8.37. The predicted molar refractivity (Wildman–Crippen MR) is 104 cm³/mol. The molecule has 0 aromatic heterocycles. The highest BCUT2D eigenvalue weighted by molar-refractivity contribution is 7.90. The number of rotatable bonds is 5. The van der Waals surface area contributed by atoms with E-state index >= 15 is 4.39 Å². The average molecular weight is 443 g/mol. The molecule has 0 aliphatic carbocycles. The van der Waals surface area contributed by atoms with E-state index in [1.807, 2.05) is 0 Å². The van der Waals surface area contributed by atoms with Crippen LogP contribution in [-0.2, 0) is 33.8 Å². The maximum Gasteiger partial charge on any atom is 0.416 e. The number of hydrogen-bond donors (Lipinski definition) is 0. The molecule has 2 aromatic rings. The van der Waals surface area contributed by atoms with Crippen LogP contribution in [0.4, 0.5) is 17.6 Å². The first-order valence-electron chi connectivity index (χ1n) is 9.33. The van der Waals surface area contributed by atoms with Gasteiger partial charge in [0.1, 0.15) is 9.84 Å². The summed E-state index contributed by atoms with van der Waals surface area (Å²) in [5.74, 6) is -0.508. The number of nitrogens with zero attached hydrogens (tertiary/aromatic N) is 1. The van der Waals surface area contributed by atoms with E-state index in [0.29, 0.717) is 18.5 Å². The molecule has 4 nitrogen and oxygen atoms in total. The van der Waals surface area contributed by atoms with Crippen molar-refractivity contribution in [2.75, 3.05) is 18.6 Å². The second-order valence-electron chi connectivity index (χ2n) is 7.41. The van der Waals surface area contributed by atoms with Crippen LogP contribution in [0.25, 0.3) is 0 Å². The molecule has 0 saturated heterocycles. The molecule has 1 atom stereocenters. The summed E-state index contributed by atoms with van der Waals surface area (Å²) < 4.78 is 75.9. The number of alkyl halides is 4. The van der Waals surface area contributed by atoms with Crippen molar-refractivity contribution in [2.45, 2.75) is 31.7 Å². The SMILES string of the molecule is CS(=O)(=O)CCC(=O)N1CCc2c(cccc2C(F)c2ccc(C(F)(F)F)cc2)C1. The number of sulfone groups is 1. The molecule has 1 aliphatic heterocycles. The van der Waals surface area contributed by atoms with E-state index in [1.165, 1.54) is 0 Å². The Morgan fingerprint density at radius 2 is 1.80 bits per heavy atom. The van der Waals surface area contributed by atoms with Gasteiger partial charge in [-0.15, -0.1) is 0 Å². The zero-order chi connectivity index (χ0) is 22.1. The molecule has 2 aromatic carbocycles. The third-order valence-electron chi connectivity index (χ3n) is 5.15. The minimum atomic E-state index is -4.48. The standard InChI is InChI=1S/C21H21F4NO3S/c1-30(28,29)12-10-19(27)26-11-9-17-15(13-26)3-2-4-18(17)20(22)14-5-7-16(8-6-14)21(23,24)25/h2-8,20H,9-13H2,1H3. The van der Waals surface area contributed by atoms with Crippen molar-refractivity contribution in [3.05, 3.63) is 70.3 Å². The van der Waals surface area contributed by atoms with E-state index < -0.39 is 27.7 Å². The molecular formula is C21H21F4NO3S. The van der Waals surface area contributed by atoms with Gasteiger partial charge in [0.05, 0.1) is 11.3 Å². The fourth-order valence-corrected chi connectivity index (χ4v) is 4.09. The Labute approximate surface area is 172 Å². The van der Waals surface area contributed by atoms with Gasteiger partial charge in [0, 0.05) is 25.8 Å². The third kappa shape index (κ3) is 5.19. The van der Waals surface area contributed by atoms with Crippen LogP contribution in [0.1, 0.15) is 40.4 Å². The summed E-state index contributed by atoms with van der Waals surface area (Å²) in [5.41, 5.74) is 1.15. The highest BCUT2D eigenvalue weighted by atomic mass is 32.2. The van der Waals surface area contributed by atoms with Crippen LogP contribution in [-0.4, -0.2) is 37.8 Å². The summed E-state index contributed by atoms with van der Waals surface area (Å²) in [6.07, 6.45) is -4.72. The fraction of sp³-hybridized carbons (Fsp3) is 0.381. The molecule has 1 aliphatic rings. The Kier molecular flexibility index (Phi) is 6.21. The Balaban J connectivity index is 1.78. The smallest absolute Gasteiger partial charge is 0.338 e. The molecule has 30 heavy (non-hydrogen) atoms. The lowest BCUT2D eigenvalue weighted by Gasteiger charge is -2.31. The lowest BCUT2D eigenvalue weighted by Crippen LogP contribution is -2.37. The normalized spacial score (nSPS) is 15.6. The van der Waals surface area contributed by atoms with Crippen LogP contribution in [0.15, 0.2) is 42.5 Å². The van der Waals surface area contributed by atoms with E-state index in [9.17, 15) is 26.4 Å². The van der Waals surface area contributed by atoms with E-state index in [1.54, 1.807) is 23.1 Å². The summed E-state index contributed by atoms with van der Waals surface area (Å²) in [6.45, 7) is 0.567. The third-order valence-corrected chi connectivity index (χ3v) is 6.09. The monoisotopic (exact) mass is 443 g/mol. The zero-order valence-corrected chi connectivity index (χ0v) is 17.1. The number of halogens is 4. The Morgan fingerprint density at radius 3 is 2.40 bits per heavy atom. The lowest BCUT2D eigenvalue weighted by atomic mass is 9.89. The predicted octanol–water partition coefficient (Wildman–Crippen LogP) is 4.08. The van der Waals surface area contributed by atoms with Crippen molar-refractivity contribution in [3.8, 4) is 0 Å². The number of carbonyl (C=O) groups is 1. The molecule has 1 unspecified atom stereocenters. The van der Waals surface area contributed by atoms with Crippen molar-refractivity contribution < 1.29 is 30.8 Å². The molecule has 0 fully saturated rings. The molecule has 0 N–H and O–H groups in total. The highest BCUT2D eigenvalue weighted by Gasteiger charge is 2.31. The molecule has 9 heteroatoms. The van der Waals surface area contributed by atoms with Crippen LogP contribution in [0.5, 0.6) is 0 Å². The molecule has 0 radical (unpaired) electrons. The van der Waals surface area contributed by atoms with Gasteiger partial charge in [-0.2, -0.15) is 13.2 Å². The average Bonchev–Trinajstić information content (AvgIpc) is 2.69. The topological polar surface area (TPSA) is 54.5 Å². The number of hydrogen-bond acceptors (Lipinski definition) is 3. The van der Waals surface area contributed by atoms with E-state index in [-0.39, 0.29) is 30.2 Å². The van der Waals surface area contributed by atoms with Gasteiger partial charge in [0.15, 0.2) is 6.17 Å². The molecule has 0 bridgehead atoms. The van der Waals surface area contributed by atoms with Gasteiger partial charge in [-0.25, -0.2) is 12.8 Å². The van der Waals surface area contributed by atoms with E-state index in [2.05, 4.69) is 0 Å². The van der Waals surface area contributed by atoms with Crippen molar-refractivity contribution in [3.63, 3.8) is 0 Å². The van der Waals surface area contributed by atoms with Crippen LogP contribution >= 0.6 is 0 Å². The van der Waals surface area contributed by atoms with Crippen LogP contribution in [0.2, 0.25) is 0 Å². The molecule has 1 heterocycles. The summed E-state index contributed by atoms with van der Waals surface area (Å²) in [4.78, 5) is 13.8. The van der Waals surface area contributed by atoms with Gasteiger partial charge in [-0.3, -0.25) is 4.79 Å². The Hall–Kier alpha value is -2.42. The molecule has 162 valence electrons. The van der Waals surface area contributed by atoms with Gasteiger partial charge in [0.2, 0.25) is 5.91 Å². The first-order valence-corrected chi connectivity index (χ1v) is 11.4. The Morgan fingerprint density at radius 1 is 1.13 bits per heavy atom. The van der Waals surface area contributed by atoms with Crippen molar-refractivity contribution in [1.82, 2.24) is 4.90 Å². The maximum atomic E-state index is 15.2. The number of carbonyl (C=O) groups excluding carboxylic acids is 1. The van der Waals surface area contributed by atoms with Gasteiger partial charge >= 0.3 is 6.18 Å². The minimum Gasteiger partial charge on any atom is -0.338 e. The molecule has 0 saturated carbocycles. The van der Waals surface area contributed by atoms with Gasteiger partial charge in [0.25, 0.3) is 0 Å². The minimum absolute atomic E-state index is 0.106. The van der Waals surface area contributed by atoms with Gasteiger partial charge in [-0.1, -0.05) is 30.3 Å². The molecule has 1 amide bonds. The zero-order valence-electron chi connectivity index (χ0n) is 16.2. The van der Waals surface area contributed by atoms with Crippen molar-refractivity contribution >= 4 is 15.7 Å². The quantitative estimate of drug-likeness (QED) is 0.655. The molecule has 0 spiro atoms. The van der Waals surface area contributed by atoms with E-state index in [0.717, 1.165) is 41.6 Å². The summed E-state index contributed by atoms with van der Waals surface area (Å²) in [7, 11) is -3.25. The number of fused-ring (bicyclic) bond motifs is 1. The van der Waals surface area contributed by atoms with Crippen molar-refractivity contribution in [1.29, 1.82) is 0 Å². The maximum absolute atomic E-state index is 15.2. The Bertz CT molecular complexity index is 1030. The van der Waals surface area contributed by atoms with Crippen molar-refractivity contribution in [2.24, 2.45) is 0 Å². The number of amides is 1. The summed E-state index contributed by atoms with van der Waals surface area (Å²) in [5, 5.41) is 0. The molecule has 3 rings (SSSR count). The lowest BCUT2D eigenvalue weighted by molar-refractivity contribution is -0.137. The summed E-state index contributed by atoms with van der Waals surface area (Å²) in [6, 6.07) is 9.01. The fourth-order valence-electron chi connectivity index (χ4n) is 3.54. The molecular weight excluding hydrogens is 422 g/mol. The summed E-state index contributed by atoms with van der Waals surface area (Å²) >= 11 is 0. The first-order chi connectivity index (χ1) is 14.0. The highest BCUT2D eigenvalue weighted by Crippen LogP contribution is 2.35. The van der Waals surface area contributed by atoms with Crippen LogP contribution in [0.3, 0.4) is 0 Å². The number of benzene rings is 2. The first kappa shape index (κ1) is 22.3.